The number of hydrogen-bond acceptors (Lipinski definition) is 3. The first-order chi connectivity index (χ1) is 9.10. The largest absolute Gasteiger partial charge is 0.497 e. The fourth-order valence-corrected chi connectivity index (χ4v) is 1.72. The van der Waals surface area contributed by atoms with Crippen molar-refractivity contribution in [3.05, 3.63) is 53.6 Å². The normalized spacial score (nSPS) is 10.0. The Bertz CT molecular complexity index is 591. The lowest BCUT2D eigenvalue weighted by Gasteiger charge is -2.11. The number of carboxylic acid groups (broad SMARTS) is 1. The Morgan fingerprint density at radius 1 is 1.16 bits per heavy atom. The van der Waals surface area contributed by atoms with E-state index in [9.17, 15) is 4.79 Å². The molecule has 4 nitrogen and oxygen atoms in total. The number of rotatable bonds is 4. The van der Waals surface area contributed by atoms with Crippen molar-refractivity contribution < 1.29 is 14.6 Å². The average molecular weight is 257 g/mol. The molecule has 0 saturated carbocycles. The van der Waals surface area contributed by atoms with Gasteiger partial charge in [-0.1, -0.05) is 6.07 Å². The van der Waals surface area contributed by atoms with Crippen LogP contribution in [0.1, 0.15) is 15.9 Å². The predicted molar refractivity (Wildman–Crippen MR) is 74.4 cm³/mol. The van der Waals surface area contributed by atoms with Crippen LogP contribution in [0.15, 0.2) is 42.5 Å². The van der Waals surface area contributed by atoms with Crippen molar-refractivity contribution in [3.63, 3.8) is 0 Å². The van der Waals surface area contributed by atoms with Crippen LogP contribution in [0.5, 0.6) is 5.75 Å². The molecule has 98 valence electrons. The summed E-state index contributed by atoms with van der Waals surface area (Å²) in [6.45, 7) is 1.93. The number of aryl methyl sites for hydroxylation is 1. The zero-order valence-electron chi connectivity index (χ0n) is 10.8. The second-order valence-electron chi connectivity index (χ2n) is 4.19. The van der Waals surface area contributed by atoms with Gasteiger partial charge in [0.25, 0.3) is 0 Å². The summed E-state index contributed by atoms with van der Waals surface area (Å²) in [4.78, 5) is 11.0. The van der Waals surface area contributed by atoms with Crippen LogP contribution in [0.4, 0.5) is 11.4 Å². The van der Waals surface area contributed by atoms with Crippen LogP contribution in [-0.2, 0) is 0 Å². The van der Waals surface area contributed by atoms with Crippen molar-refractivity contribution in [3.8, 4) is 5.75 Å². The highest BCUT2D eigenvalue weighted by molar-refractivity contribution is 5.89. The Morgan fingerprint density at radius 3 is 2.42 bits per heavy atom. The standard InChI is InChI=1S/C15H15NO3/c1-10-3-4-11(15(17)18)9-14(10)16-12-5-7-13(19-2)8-6-12/h3-9,16H,1-2H3,(H,17,18). The first-order valence-corrected chi connectivity index (χ1v) is 5.85. The third-order valence-electron chi connectivity index (χ3n) is 2.85. The van der Waals surface area contributed by atoms with E-state index in [-0.39, 0.29) is 5.56 Å². The molecule has 4 heteroatoms. The molecule has 0 aliphatic carbocycles. The van der Waals surface area contributed by atoms with Crippen LogP contribution in [-0.4, -0.2) is 18.2 Å². The van der Waals surface area contributed by atoms with Gasteiger partial charge in [0.1, 0.15) is 5.75 Å². The molecule has 0 spiro atoms. The lowest BCUT2D eigenvalue weighted by atomic mass is 10.1. The lowest BCUT2D eigenvalue weighted by Crippen LogP contribution is -1.99. The van der Waals surface area contributed by atoms with E-state index in [1.165, 1.54) is 0 Å². The topological polar surface area (TPSA) is 58.6 Å². The molecule has 0 atom stereocenters. The van der Waals surface area contributed by atoms with E-state index in [1.54, 1.807) is 25.3 Å². The molecule has 0 heterocycles. The summed E-state index contributed by atoms with van der Waals surface area (Å²) in [5.41, 5.74) is 2.92. The maximum absolute atomic E-state index is 11.0. The van der Waals surface area contributed by atoms with Crippen molar-refractivity contribution in [2.75, 3.05) is 12.4 Å². The Morgan fingerprint density at radius 2 is 1.84 bits per heavy atom. The maximum Gasteiger partial charge on any atom is 0.335 e. The first-order valence-electron chi connectivity index (χ1n) is 5.85. The summed E-state index contributed by atoms with van der Waals surface area (Å²) < 4.78 is 5.09. The summed E-state index contributed by atoms with van der Waals surface area (Å²) in [5.74, 6) is -0.153. The van der Waals surface area contributed by atoms with Crippen LogP contribution < -0.4 is 10.1 Å². The van der Waals surface area contributed by atoms with Crippen LogP contribution in [0.25, 0.3) is 0 Å². The zero-order chi connectivity index (χ0) is 13.8. The molecule has 0 radical (unpaired) electrons. The van der Waals surface area contributed by atoms with Crippen LogP contribution in [0, 0.1) is 6.92 Å². The van der Waals surface area contributed by atoms with Gasteiger partial charge in [-0.3, -0.25) is 0 Å². The van der Waals surface area contributed by atoms with E-state index in [0.717, 1.165) is 22.7 Å². The molecule has 0 aliphatic heterocycles. The molecule has 0 amide bonds. The van der Waals surface area contributed by atoms with E-state index in [4.69, 9.17) is 9.84 Å². The zero-order valence-corrected chi connectivity index (χ0v) is 10.8. The second kappa shape index (κ2) is 5.44. The number of anilines is 2. The van der Waals surface area contributed by atoms with Crippen molar-refractivity contribution in [2.45, 2.75) is 6.92 Å². The van der Waals surface area contributed by atoms with E-state index in [2.05, 4.69) is 5.32 Å². The molecule has 0 aromatic heterocycles. The third-order valence-corrected chi connectivity index (χ3v) is 2.85. The minimum absolute atomic E-state index is 0.265. The maximum atomic E-state index is 11.0. The number of carboxylic acids is 1. The summed E-state index contributed by atoms with van der Waals surface area (Å²) in [7, 11) is 1.61. The number of nitrogens with one attached hydrogen (secondary N) is 1. The molecule has 2 rings (SSSR count). The fourth-order valence-electron chi connectivity index (χ4n) is 1.72. The quantitative estimate of drug-likeness (QED) is 0.880. The monoisotopic (exact) mass is 257 g/mol. The Balaban J connectivity index is 2.26. The summed E-state index contributed by atoms with van der Waals surface area (Å²) in [5, 5.41) is 12.2. The molecule has 19 heavy (non-hydrogen) atoms. The second-order valence-corrected chi connectivity index (χ2v) is 4.19. The molecule has 0 fully saturated rings. The van der Waals surface area contributed by atoms with Gasteiger partial charge in [-0.25, -0.2) is 4.79 Å². The highest BCUT2D eigenvalue weighted by atomic mass is 16.5. The van der Waals surface area contributed by atoms with Gasteiger partial charge in [0.05, 0.1) is 12.7 Å². The molecule has 0 unspecified atom stereocenters. The van der Waals surface area contributed by atoms with E-state index in [1.807, 2.05) is 31.2 Å². The summed E-state index contributed by atoms with van der Waals surface area (Å²) >= 11 is 0. The van der Waals surface area contributed by atoms with Crippen molar-refractivity contribution in [1.82, 2.24) is 0 Å². The number of carbonyl (C=O) groups is 1. The summed E-state index contributed by atoms with van der Waals surface area (Å²) in [6, 6.07) is 12.5. The van der Waals surface area contributed by atoms with Gasteiger partial charge in [0.15, 0.2) is 0 Å². The third kappa shape index (κ3) is 3.04. The first kappa shape index (κ1) is 13.0. The van der Waals surface area contributed by atoms with Crippen LogP contribution >= 0.6 is 0 Å². The van der Waals surface area contributed by atoms with E-state index < -0.39 is 5.97 Å². The molecule has 0 aliphatic rings. The SMILES string of the molecule is COc1ccc(Nc2cc(C(=O)O)ccc2C)cc1. The molecule has 0 saturated heterocycles. The fraction of sp³-hybridized carbons (Fsp3) is 0.133. The van der Waals surface area contributed by atoms with Crippen LogP contribution in [0.2, 0.25) is 0 Å². The predicted octanol–water partition coefficient (Wildman–Crippen LogP) is 3.45. The van der Waals surface area contributed by atoms with Crippen LogP contribution in [0.3, 0.4) is 0 Å². The minimum Gasteiger partial charge on any atom is -0.497 e. The average Bonchev–Trinajstić information content (AvgIpc) is 2.42. The molecule has 2 aromatic rings. The Labute approximate surface area is 111 Å². The van der Waals surface area contributed by atoms with Gasteiger partial charge in [0, 0.05) is 11.4 Å². The Kier molecular flexibility index (Phi) is 3.71. The molecule has 2 N–H and O–H groups in total. The van der Waals surface area contributed by atoms with Gasteiger partial charge in [0.2, 0.25) is 0 Å². The molecule has 0 bridgehead atoms. The number of hydrogen-bond donors (Lipinski definition) is 2. The summed E-state index contributed by atoms with van der Waals surface area (Å²) in [6.07, 6.45) is 0. The van der Waals surface area contributed by atoms with E-state index >= 15 is 0 Å². The van der Waals surface area contributed by atoms with E-state index in [0.29, 0.717) is 0 Å². The van der Waals surface area contributed by atoms with Gasteiger partial charge in [-0.2, -0.15) is 0 Å². The number of ether oxygens (including phenoxy) is 1. The number of aromatic carboxylic acids is 1. The highest BCUT2D eigenvalue weighted by Crippen LogP contribution is 2.23. The van der Waals surface area contributed by atoms with Gasteiger partial charge < -0.3 is 15.2 Å². The highest BCUT2D eigenvalue weighted by Gasteiger charge is 2.06. The lowest BCUT2D eigenvalue weighted by molar-refractivity contribution is 0.0697. The minimum atomic E-state index is -0.933. The van der Waals surface area contributed by atoms with Gasteiger partial charge in [-0.15, -0.1) is 0 Å². The van der Waals surface area contributed by atoms with Crippen molar-refractivity contribution >= 4 is 17.3 Å². The van der Waals surface area contributed by atoms with Crippen molar-refractivity contribution in [1.29, 1.82) is 0 Å². The molecule has 2 aromatic carbocycles. The van der Waals surface area contributed by atoms with Gasteiger partial charge >= 0.3 is 5.97 Å². The van der Waals surface area contributed by atoms with Crippen molar-refractivity contribution in [2.24, 2.45) is 0 Å². The smallest absolute Gasteiger partial charge is 0.335 e. The molecular formula is C15H15NO3. The number of methoxy groups -OCH3 is 1. The molecular weight excluding hydrogens is 242 g/mol. The van der Waals surface area contributed by atoms with Gasteiger partial charge in [-0.05, 0) is 48.9 Å². The Hall–Kier alpha value is -2.49. The number of benzene rings is 2.